The Balaban J connectivity index is 0.00000314. The summed E-state index contributed by atoms with van der Waals surface area (Å²) in [5.41, 5.74) is 2.63. The first-order valence-electron chi connectivity index (χ1n) is 16.7. The minimum Gasteiger partial charge on any atom is -0.481 e. The largest absolute Gasteiger partial charge is 0.481 e. The number of nitrogens with zero attached hydrogens (tertiary/aromatic N) is 7. The van der Waals surface area contributed by atoms with Crippen molar-refractivity contribution in [1.82, 2.24) is 34.6 Å². The lowest BCUT2D eigenvalue weighted by molar-refractivity contribution is -0.154. The Kier molecular flexibility index (Phi) is 14.5. The topological polar surface area (TPSA) is 115 Å². The first-order chi connectivity index (χ1) is 24.7. The molecule has 2 saturated heterocycles. The van der Waals surface area contributed by atoms with Crippen molar-refractivity contribution in [3.8, 4) is 23.7 Å². The molecular weight excluding hydrogens is 738 g/mol. The maximum absolute atomic E-state index is 13.8. The Labute approximate surface area is 318 Å². The summed E-state index contributed by atoms with van der Waals surface area (Å²) in [4.78, 5) is 37.1. The smallest absolute Gasteiger partial charge is 0.422 e. The Morgan fingerprint density at radius 2 is 1.45 bits per heavy atom. The lowest BCUT2D eigenvalue weighted by Gasteiger charge is -2.53. The summed E-state index contributed by atoms with van der Waals surface area (Å²) in [5, 5.41) is 0. The highest BCUT2D eigenvalue weighted by Gasteiger charge is 2.44. The molecule has 2 aliphatic heterocycles. The highest BCUT2D eigenvalue weighted by molar-refractivity contribution is 5.94. The van der Waals surface area contributed by atoms with Crippen LogP contribution in [0.15, 0.2) is 73.1 Å². The number of hydrogen-bond acceptors (Lipinski definition) is 11. The van der Waals surface area contributed by atoms with Crippen molar-refractivity contribution in [2.45, 2.75) is 37.6 Å². The van der Waals surface area contributed by atoms with Gasteiger partial charge in [-0.15, -0.1) is 24.8 Å². The molecule has 0 bridgehead atoms. The van der Waals surface area contributed by atoms with E-state index in [4.69, 9.17) is 18.9 Å². The van der Waals surface area contributed by atoms with Crippen molar-refractivity contribution in [3.05, 3.63) is 95.4 Å². The van der Waals surface area contributed by atoms with Crippen LogP contribution in [0.3, 0.4) is 0 Å². The molecule has 4 aromatic rings. The van der Waals surface area contributed by atoms with Gasteiger partial charge in [-0.3, -0.25) is 14.6 Å². The van der Waals surface area contributed by atoms with Crippen LogP contribution in [0.2, 0.25) is 0 Å². The maximum Gasteiger partial charge on any atom is 0.422 e. The van der Waals surface area contributed by atoms with Gasteiger partial charge in [0.05, 0.1) is 26.4 Å². The second kappa shape index (κ2) is 18.5. The highest BCUT2D eigenvalue weighted by atomic mass is 35.5. The molecule has 0 N–H and O–H groups in total. The number of amides is 1. The molecule has 12 nitrogen and oxygen atoms in total. The summed E-state index contributed by atoms with van der Waals surface area (Å²) in [6.07, 6.45) is -1.67. The van der Waals surface area contributed by atoms with Crippen molar-refractivity contribution in [1.29, 1.82) is 0 Å². The standard InChI is InChI=1S/C36H40F3N7O5.2ClH/c1-4-50-35-42-31(48-2)27(32(43-35)51-23-36(37,38)39)21-44-19-26-20-45(34(47)30-33(49-3)41-16-15-40-30)17-18-46(26)28(22-44)29(24-11-7-5-8-12-24)25-13-9-6-10-14-25;;/h5-16,26,28-29H,4,17-23H2,1-3H3;2*1H. The minimum absolute atomic E-state index is 0. The third-order valence-corrected chi connectivity index (χ3v) is 9.05. The van der Waals surface area contributed by atoms with Crippen LogP contribution < -0.4 is 18.9 Å². The molecule has 2 aromatic carbocycles. The van der Waals surface area contributed by atoms with Crippen LogP contribution >= 0.6 is 24.8 Å². The number of methoxy groups -OCH3 is 2. The van der Waals surface area contributed by atoms with Gasteiger partial charge in [-0.25, -0.2) is 9.97 Å². The number of carbonyl (C=O) groups excluding carboxylic acids is 1. The quantitative estimate of drug-likeness (QED) is 0.186. The average molecular weight is 781 g/mol. The maximum atomic E-state index is 13.8. The third-order valence-electron chi connectivity index (χ3n) is 9.05. The van der Waals surface area contributed by atoms with Gasteiger partial charge in [0, 0.05) is 69.7 Å². The van der Waals surface area contributed by atoms with Crippen LogP contribution in [0.5, 0.6) is 23.7 Å². The lowest BCUT2D eigenvalue weighted by Crippen LogP contribution is -2.67. The molecule has 2 atom stereocenters. The zero-order chi connectivity index (χ0) is 36.0. The van der Waals surface area contributed by atoms with Crippen LogP contribution in [-0.4, -0.2) is 119 Å². The van der Waals surface area contributed by atoms with E-state index in [1.807, 2.05) is 36.4 Å². The van der Waals surface area contributed by atoms with Gasteiger partial charge >= 0.3 is 12.2 Å². The van der Waals surface area contributed by atoms with Crippen LogP contribution in [0.25, 0.3) is 0 Å². The van der Waals surface area contributed by atoms with Gasteiger partial charge in [-0.2, -0.15) is 23.1 Å². The molecule has 0 saturated carbocycles. The van der Waals surface area contributed by atoms with E-state index in [1.165, 1.54) is 26.6 Å². The summed E-state index contributed by atoms with van der Waals surface area (Å²) in [5.74, 6) is -0.419. The molecule has 17 heteroatoms. The molecule has 0 radical (unpaired) electrons. The molecule has 286 valence electrons. The molecule has 53 heavy (non-hydrogen) atoms. The number of aromatic nitrogens is 4. The number of halogens is 5. The van der Waals surface area contributed by atoms with E-state index in [1.54, 1.807) is 11.8 Å². The van der Waals surface area contributed by atoms with Gasteiger partial charge in [-0.1, -0.05) is 60.7 Å². The normalized spacial score (nSPS) is 17.6. The first kappa shape index (κ1) is 41.3. The van der Waals surface area contributed by atoms with Crippen LogP contribution in [-0.2, 0) is 6.54 Å². The van der Waals surface area contributed by atoms with Gasteiger partial charge in [0.2, 0.25) is 17.6 Å². The predicted molar refractivity (Wildman–Crippen MR) is 195 cm³/mol. The number of carbonyl (C=O) groups is 1. The number of benzene rings is 2. The van der Waals surface area contributed by atoms with E-state index in [2.05, 4.69) is 54.0 Å². The molecule has 4 heterocycles. The lowest BCUT2D eigenvalue weighted by atomic mass is 9.81. The molecule has 6 rings (SSSR count). The zero-order valence-electron chi connectivity index (χ0n) is 29.4. The van der Waals surface area contributed by atoms with E-state index >= 15 is 0 Å². The fourth-order valence-corrected chi connectivity index (χ4v) is 6.97. The van der Waals surface area contributed by atoms with Crippen molar-refractivity contribution in [2.75, 3.05) is 60.2 Å². The fourth-order valence-electron chi connectivity index (χ4n) is 6.97. The van der Waals surface area contributed by atoms with Crippen molar-refractivity contribution in [2.24, 2.45) is 0 Å². The Bertz CT molecular complexity index is 1740. The number of rotatable bonds is 12. The van der Waals surface area contributed by atoms with Crippen LogP contribution in [0, 0.1) is 0 Å². The van der Waals surface area contributed by atoms with Gasteiger partial charge in [0.25, 0.3) is 5.91 Å². The molecule has 2 aliphatic rings. The van der Waals surface area contributed by atoms with Crippen LogP contribution in [0.4, 0.5) is 13.2 Å². The fraction of sp³-hybridized carbons (Fsp3) is 0.417. The minimum atomic E-state index is -4.60. The van der Waals surface area contributed by atoms with Gasteiger partial charge < -0.3 is 23.8 Å². The van der Waals surface area contributed by atoms with Gasteiger partial charge in [0.1, 0.15) is 0 Å². The number of ether oxygens (including phenoxy) is 4. The van der Waals surface area contributed by atoms with E-state index in [9.17, 15) is 18.0 Å². The summed E-state index contributed by atoms with van der Waals surface area (Å²) in [6, 6.07) is 20.1. The summed E-state index contributed by atoms with van der Waals surface area (Å²) >= 11 is 0. The number of fused-ring (bicyclic) bond motifs is 1. The van der Waals surface area contributed by atoms with E-state index < -0.39 is 12.8 Å². The Morgan fingerprint density at radius 3 is 2.06 bits per heavy atom. The Hall–Kier alpha value is -4.44. The molecule has 2 unspecified atom stereocenters. The monoisotopic (exact) mass is 779 g/mol. The average Bonchev–Trinajstić information content (AvgIpc) is 3.14. The zero-order valence-corrected chi connectivity index (χ0v) is 31.1. The molecule has 1 amide bonds. The van der Waals surface area contributed by atoms with Crippen molar-refractivity contribution in [3.63, 3.8) is 0 Å². The van der Waals surface area contributed by atoms with Crippen molar-refractivity contribution >= 4 is 30.7 Å². The van der Waals surface area contributed by atoms with Crippen LogP contribution in [0.1, 0.15) is 40.0 Å². The Morgan fingerprint density at radius 1 is 0.830 bits per heavy atom. The number of alkyl halides is 3. The predicted octanol–water partition coefficient (Wildman–Crippen LogP) is 5.31. The molecule has 2 aromatic heterocycles. The van der Waals surface area contributed by atoms with Gasteiger partial charge in [-0.05, 0) is 18.1 Å². The van der Waals surface area contributed by atoms with Crippen molar-refractivity contribution < 1.29 is 36.9 Å². The highest BCUT2D eigenvalue weighted by Crippen LogP contribution is 2.38. The molecule has 0 aliphatic carbocycles. The van der Waals surface area contributed by atoms with E-state index in [0.717, 1.165) is 11.1 Å². The number of piperazine rings is 2. The summed E-state index contributed by atoms with van der Waals surface area (Å²) in [6.45, 7) is 2.91. The van der Waals surface area contributed by atoms with Gasteiger partial charge in [0.15, 0.2) is 12.3 Å². The second-order valence-electron chi connectivity index (χ2n) is 12.3. The second-order valence-corrected chi connectivity index (χ2v) is 12.3. The van der Waals surface area contributed by atoms with E-state index in [0.29, 0.717) is 32.7 Å². The summed E-state index contributed by atoms with van der Waals surface area (Å²) in [7, 11) is 2.84. The third kappa shape index (κ3) is 9.76. The molecule has 2 fully saturated rings. The molecule has 0 spiro atoms. The SMILES string of the molecule is CCOc1nc(OC)c(CN2CC3CN(C(=O)c4nccnc4OC)CCN3C(C(c3ccccc3)c3ccccc3)C2)c(OCC(F)(F)F)n1.Cl.Cl. The number of hydrogen-bond donors (Lipinski definition) is 0. The van der Waals surface area contributed by atoms with E-state index in [-0.39, 0.29) is 96.8 Å². The molecular formula is C36H42Cl2F3N7O5. The first-order valence-corrected chi connectivity index (χ1v) is 16.7. The summed E-state index contributed by atoms with van der Waals surface area (Å²) < 4.78 is 61.8.